The molecule has 0 saturated carbocycles. The average molecular weight is 99.2 g/mol. The maximum Gasteiger partial charge on any atom is 0.0529 e. The quantitative estimate of drug-likeness (QED) is 0.482. The van der Waals surface area contributed by atoms with Gasteiger partial charge in [0.25, 0.3) is 0 Å². The highest BCUT2D eigenvalue weighted by molar-refractivity contribution is 4.91. The minimum absolute atomic E-state index is 0.927. The van der Waals surface area contributed by atoms with Crippen molar-refractivity contribution >= 4 is 0 Å². The Labute approximate surface area is 44.7 Å². The monoisotopic (exact) mass is 99.1 g/mol. The van der Waals surface area contributed by atoms with Gasteiger partial charge in [0.2, 0.25) is 0 Å². The third-order valence-corrected chi connectivity index (χ3v) is 1.41. The number of hydrogen-bond acceptors (Lipinski definition) is 1. The standard InChI is InChI=1S/C6H11O/c1-2-6-3-4-7-5-6/h2-5H2,1H3. The van der Waals surface area contributed by atoms with E-state index in [-0.39, 0.29) is 0 Å². The molecule has 1 fully saturated rings. The van der Waals surface area contributed by atoms with Crippen LogP contribution in [0.1, 0.15) is 19.8 Å². The predicted molar refractivity (Wildman–Crippen MR) is 29.0 cm³/mol. The lowest BCUT2D eigenvalue weighted by atomic mass is 10.1. The van der Waals surface area contributed by atoms with Crippen LogP contribution in [0.2, 0.25) is 0 Å². The van der Waals surface area contributed by atoms with Crippen molar-refractivity contribution in [1.29, 1.82) is 0 Å². The molecule has 0 unspecified atom stereocenters. The summed E-state index contributed by atoms with van der Waals surface area (Å²) < 4.78 is 5.11. The first-order valence-corrected chi connectivity index (χ1v) is 2.85. The van der Waals surface area contributed by atoms with E-state index < -0.39 is 0 Å². The van der Waals surface area contributed by atoms with Gasteiger partial charge in [-0.2, -0.15) is 0 Å². The van der Waals surface area contributed by atoms with Gasteiger partial charge in [-0.3, -0.25) is 0 Å². The van der Waals surface area contributed by atoms with Crippen molar-refractivity contribution in [1.82, 2.24) is 0 Å². The zero-order valence-electron chi connectivity index (χ0n) is 4.74. The van der Waals surface area contributed by atoms with E-state index in [0.717, 1.165) is 13.2 Å². The van der Waals surface area contributed by atoms with Crippen LogP contribution in [-0.4, -0.2) is 13.2 Å². The highest BCUT2D eigenvalue weighted by Crippen LogP contribution is 2.16. The molecular weight excluding hydrogens is 88.1 g/mol. The fraction of sp³-hybridized carbons (Fsp3) is 0.833. The maximum absolute atomic E-state index is 5.11. The summed E-state index contributed by atoms with van der Waals surface area (Å²) in [7, 11) is 0. The van der Waals surface area contributed by atoms with Gasteiger partial charge in [-0.1, -0.05) is 6.92 Å². The Morgan fingerprint density at radius 2 is 2.57 bits per heavy atom. The van der Waals surface area contributed by atoms with E-state index in [1.54, 1.807) is 5.92 Å². The molecule has 0 bridgehead atoms. The van der Waals surface area contributed by atoms with Crippen molar-refractivity contribution in [3.8, 4) is 0 Å². The molecule has 0 aromatic carbocycles. The molecule has 1 heteroatoms. The SMILES string of the molecule is CC[C]1CCOC1. The van der Waals surface area contributed by atoms with Crippen LogP contribution in [0.15, 0.2) is 0 Å². The molecule has 1 rings (SSSR count). The maximum atomic E-state index is 5.11. The Bertz CT molecular complexity index is 46.1. The van der Waals surface area contributed by atoms with Crippen molar-refractivity contribution < 1.29 is 4.74 Å². The van der Waals surface area contributed by atoms with Gasteiger partial charge in [-0.15, -0.1) is 0 Å². The normalized spacial score (nSPS) is 23.6. The zero-order valence-corrected chi connectivity index (χ0v) is 4.74. The fourth-order valence-corrected chi connectivity index (χ4v) is 0.784. The van der Waals surface area contributed by atoms with Crippen molar-refractivity contribution in [2.75, 3.05) is 13.2 Å². The Morgan fingerprint density at radius 3 is 2.86 bits per heavy atom. The highest BCUT2D eigenvalue weighted by Gasteiger charge is 2.12. The Balaban J connectivity index is 2.14. The molecule has 0 atom stereocenters. The summed E-state index contributed by atoms with van der Waals surface area (Å²) >= 11 is 0. The number of ether oxygens (including phenoxy) is 1. The lowest BCUT2D eigenvalue weighted by molar-refractivity contribution is 0.200. The van der Waals surface area contributed by atoms with Crippen molar-refractivity contribution in [2.45, 2.75) is 19.8 Å². The van der Waals surface area contributed by atoms with Gasteiger partial charge in [-0.05, 0) is 12.8 Å². The number of hydrogen-bond donors (Lipinski definition) is 0. The number of rotatable bonds is 1. The minimum atomic E-state index is 0.927. The Kier molecular flexibility index (Phi) is 1.69. The van der Waals surface area contributed by atoms with Crippen LogP contribution in [0.4, 0.5) is 0 Å². The molecule has 1 heterocycles. The first-order valence-electron chi connectivity index (χ1n) is 2.85. The molecule has 1 radical (unpaired) electrons. The molecule has 0 aromatic heterocycles. The molecule has 41 valence electrons. The van der Waals surface area contributed by atoms with Crippen molar-refractivity contribution in [2.24, 2.45) is 0 Å². The van der Waals surface area contributed by atoms with Crippen molar-refractivity contribution in [3.63, 3.8) is 0 Å². The van der Waals surface area contributed by atoms with Gasteiger partial charge in [0.05, 0.1) is 6.61 Å². The third kappa shape index (κ3) is 1.16. The van der Waals surface area contributed by atoms with E-state index in [9.17, 15) is 0 Å². The molecule has 0 N–H and O–H groups in total. The summed E-state index contributed by atoms with van der Waals surface area (Å²) in [5.74, 6) is 1.57. The molecule has 0 aliphatic carbocycles. The smallest absolute Gasteiger partial charge is 0.0529 e. The molecule has 7 heavy (non-hydrogen) atoms. The first kappa shape index (κ1) is 5.10. The minimum Gasteiger partial charge on any atom is -0.381 e. The van der Waals surface area contributed by atoms with Crippen LogP contribution in [0.25, 0.3) is 0 Å². The van der Waals surface area contributed by atoms with Crippen LogP contribution in [0, 0.1) is 5.92 Å². The summed E-state index contributed by atoms with van der Waals surface area (Å²) in [6.45, 7) is 4.07. The molecule has 1 aliphatic rings. The topological polar surface area (TPSA) is 9.23 Å². The van der Waals surface area contributed by atoms with Crippen LogP contribution < -0.4 is 0 Å². The van der Waals surface area contributed by atoms with Crippen molar-refractivity contribution in [3.05, 3.63) is 5.92 Å². The predicted octanol–water partition coefficient (Wildman–Crippen LogP) is 1.39. The van der Waals surface area contributed by atoms with E-state index in [1.807, 2.05) is 0 Å². The van der Waals surface area contributed by atoms with Crippen LogP contribution in [-0.2, 0) is 4.74 Å². The van der Waals surface area contributed by atoms with Gasteiger partial charge >= 0.3 is 0 Å². The summed E-state index contributed by atoms with van der Waals surface area (Å²) in [5, 5.41) is 0. The summed E-state index contributed by atoms with van der Waals surface area (Å²) in [5.41, 5.74) is 0. The first-order chi connectivity index (χ1) is 3.43. The van der Waals surface area contributed by atoms with E-state index in [2.05, 4.69) is 6.92 Å². The molecule has 1 aliphatic heterocycles. The molecule has 0 spiro atoms. The second-order valence-corrected chi connectivity index (χ2v) is 1.91. The second-order valence-electron chi connectivity index (χ2n) is 1.91. The van der Waals surface area contributed by atoms with Gasteiger partial charge in [-0.25, -0.2) is 0 Å². The van der Waals surface area contributed by atoms with Crippen LogP contribution in [0.3, 0.4) is 0 Å². The summed E-state index contributed by atoms with van der Waals surface area (Å²) in [4.78, 5) is 0. The lowest BCUT2D eigenvalue weighted by Crippen LogP contribution is -1.91. The van der Waals surface area contributed by atoms with Crippen LogP contribution in [0.5, 0.6) is 0 Å². The Hall–Kier alpha value is -0.0400. The molecule has 0 aromatic rings. The van der Waals surface area contributed by atoms with E-state index in [0.29, 0.717) is 0 Å². The van der Waals surface area contributed by atoms with Gasteiger partial charge in [0.15, 0.2) is 0 Å². The average Bonchev–Trinajstić information content (AvgIpc) is 2.14. The second kappa shape index (κ2) is 2.31. The summed E-state index contributed by atoms with van der Waals surface area (Å²) in [6, 6.07) is 0. The third-order valence-electron chi connectivity index (χ3n) is 1.41. The largest absolute Gasteiger partial charge is 0.381 e. The molecule has 1 nitrogen and oxygen atoms in total. The Morgan fingerprint density at radius 1 is 1.71 bits per heavy atom. The lowest BCUT2D eigenvalue weighted by Gasteiger charge is -1.96. The summed E-state index contributed by atoms with van der Waals surface area (Å²) in [6.07, 6.45) is 2.41. The van der Waals surface area contributed by atoms with Gasteiger partial charge < -0.3 is 4.74 Å². The van der Waals surface area contributed by atoms with Crippen LogP contribution >= 0.6 is 0 Å². The molecule has 0 amide bonds. The fourth-order valence-electron chi connectivity index (χ4n) is 0.784. The van der Waals surface area contributed by atoms with Gasteiger partial charge in [0, 0.05) is 12.5 Å². The molecule has 1 saturated heterocycles. The zero-order chi connectivity index (χ0) is 5.11. The van der Waals surface area contributed by atoms with E-state index >= 15 is 0 Å². The molecular formula is C6H11O. The highest BCUT2D eigenvalue weighted by atomic mass is 16.5. The van der Waals surface area contributed by atoms with Gasteiger partial charge in [0.1, 0.15) is 0 Å². The van der Waals surface area contributed by atoms with E-state index in [4.69, 9.17) is 4.74 Å². The van der Waals surface area contributed by atoms with E-state index in [1.165, 1.54) is 12.8 Å².